The highest BCUT2D eigenvalue weighted by Gasteiger charge is 2.56. The van der Waals surface area contributed by atoms with E-state index in [0.717, 1.165) is 0 Å². The summed E-state index contributed by atoms with van der Waals surface area (Å²) < 4.78 is 18.5. The maximum absolute atomic E-state index is 11.0. The fraction of sp³-hybridized carbons (Fsp3) is 0.727. The first-order chi connectivity index (χ1) is 9.41. The number of nitrogens with zero attached hydrogens (tertiary/aromatic N) is 3. The summed E-state index contributed by atoms with van der Waals surface area (Å²) in [5, 5.41) is 13.3. The molecule has 0 saturated carbocycles. The van der Waals surface area contributed by atoms with E-state index in [4.69, 9.17) is 19.9 Å². The van der Waals surface area contributed by atoms with Gasteiger partial charge in [0.15, 0.2) is 12.0 Å². The molecule has 0 bridgehead atoms. The van der Waals surface area contributed by atoms with Crippen molar-refractivity contribution in [2.24, 2.45) is 5.73 Å². The van der Waals surface area contributed by atoms with Crippen LogP contribution in [0.2, 0.25) is 0 Å². The summed E-state index contributed by atoms with van der Waals surface area (Å²) in [5.74, 6) is -1.59. The quantitative estimate of drug-likeness (QED) is 0.713. The van der Waals surface area contributed by atoms with Crippen LogP contribution in [0.15, 0.2) is 6.33 Å². The molecule has 0 radical (unpaired) electrons. The molecule has 3 heterocycles. The van der Waals surface area contributed by atoms with Crippen LogP contribution in [0.25, 0.3) is 0 Å². The van der Waals surface area contributed by atoms with Crippen LogP contribution in [0.5, 0.6) is 0 Å². The topological polar surface area (TPSA) is 122 Å². The number of fused-ring (bicyclic) bond motifs is 1. The molecule has 1 aromatic rings. The average Bonchev–Trinajstić information content (AvgIpc) is 3.01. The van der Waals surface area contributed by atoms with E-state index in [2.05, 4.69) is 10.1 Å². The molecule has 4 atom stereocenters. The molecule has 110 valence electrons. The summed E-state index contributed by atoms with van der Waals surface area (Å²) in [7, 11) is 0. The lowest BCUT2D eigenvalue weighted by atomic mass is 10.1. The Kier molecular flexibility index (Phi) is 3.01. The third-order valence-corrected chi connectivity index (χ3v) is 3.29. The Morgan fingerprint density at radius 3 is 2.80 bits per heavy atom. The number of carbonyl (C=O) groups excluding carboxylic acids is 1. The van der Waals surface area contributed by atoms with Gasteiger partial charge in [0.1, 0.15) is 24.6 Å². The Bertz CT molecular complexity index is 531. The Labute approximate surface area is 114 Å². The van der Waals surface area contributed by atoms with Crippen molar-refractivity contribution in [1.29, 1.82) is 0 Å². The standard InChI is InChI=1S/C11H16N4O5/c1-11(2)19-6-5(3-16)18-10(7(6)20-11)15-4-13-9(14-15)8(12)17/h4-7,10,16H,3H2,1-2H3,(H2,12,17)/t5-,6?,7+,10-/m1/s1. The van der Waals surface area contributed by atoms with Crippen LogP contribution in [0.3, 0.4) is 0 Å². The summed E-state index contributed by atoms with van der Waals surface area (Å²) in [4.78, 5) is 14.8. The maximum Gasteiger partial charge on any atom is 0.288 e. The number of rotatable bonds is 3. The van der Waals surface area contributed by atoms with Crippen molar-refractivity contribution < 1.29 is 24.1 Å². The first kappa shape index (κ1) is 13.4. The van der Waals surface area contributed by atoms with E-state index in [9.17, 15) is 9.90 Å². The SMILES string of the molecule is CC1(C)OC2[C@@H](CO)O[C@@H](n3cnc(C(N)=O)n3)[C@H]2O1. The van der Waals surface area contributed by atoms with Crippen molar-refractivity contribution in [3.05, 3.63) is 12.2 Å². The van der Waals surface area contributed by atoms with E-state index in [1.54, 1.807) is 13.8 Å². The van der Waals surface area contributed by atoms with Crippen LogP contribution in [-0.4, -0.2) is 56.5 Å². The van der Waals surface area contributed by atoms with Crippen LogP contribution in [0, 0.1) is 0 Å². The molecule has 2 fully saturated rings. The van der Waals surface area contributed by atoms with Crippen LogP contribution < -0.4 is 5.73 Å². The highest BCUT2D eigenvalue weighted by Crippen LogP contribution is 2.42. The van der Waals surface area contributed by atoms with Gasteiger partial charge in [0.05, 0.1) is 6.61 Å². The molecule has 2 aliphatic heterocycles. The van der Waals surface area contributed by atoms with Gasteiger partial charge in [0.2, 0.25) is 5.82 Å². The number of aliphatic hydroxyl groups excluding tert-OH is 1. The van der Waals surface area contributed by atoms with E-state index in [1.165, 1.54) is 11.0 Å². The van der Waals surface area contributed by atoms with Gasteiger partial charge >= 0.3 is 0 Å². The predicted molar refractivity (Wildman–Crippen MR) is 63.4 cm³/mol. The van der Waals surface area contributed by atoms with Crippen molar-refractivity contribution in [2.45, 2.75) is 44.2 Å². The molecule has 2 aliphatic rings. The monoisotopic (exact) mass is 284 g/mol. The number of amides is 1. The summed E-state index contributed by atoms with van der Waals surface area (Å²) in [6.07, 6.45) is -0.644. The molecule has 2 saturated heterocycles. The summed E-state index contributed by atoms with van der Waals surface area (Å²) in [6.45, 7) is 3.37. The Balaban J connectivity index is 1.87. The van der Waals surface area contributed by atoms with E-state index in [1.807, 2.05) is 0 Å². The molecule has 9 nitrogen and oxygen atoms in total. The average molecular weight is 284 g/mol. The Morgan fingerprint density at radius 1 is 1.50 bits per heavy atom. The largest absolute Gasteiger partial charge is 0.394 e. The molecule has 0 aliphatic carbocycles. The molecule has 20 heavy (non-hydrogen) atoms. The smallest absolute Gasteiger partial charge is 0.288 e. The number of hydrogen-bond acceptors (Lipinski definition) is 7. The van der Waals surface area contributed by atoms with Gasteiger partial charge in [0.25, 0.3) is 5.91 Å². The Morgan fingerprint density at radius 2 is 2.20 bits per heavy atom. The van der Waals surface area contributed by atoms with E-state index in [0.29, 0.717) is 0 Å². The van der Waals surface area contributed by atoms with Crippen molar-refractivity contribution >= 4 is 5.91 Å². The second kappa shape index (κ2) is 4.48. The van der Waals surface area contributed by atoms with Crippen molar-refractivity contribution in [1.82, 2.24) is 14.8 Å². The third-order valence-electron chi connectivity index (χ3n) is 3.29. The molecule has 9 heteroatoms. The second-order valence-electron chi connectivity index (χ2n) is 5.22. The lowest BCUT2D eigenvalue weighted by Gasteiger charge is -2.23. The zero-order chi connectivity index (χ0) is 14.5. The van der Waals surface area contributed by atoms with Gasteiger partial charge in [0, 0.05) is 0 Å². The lowest BCUT2D eigenvalue weighted by molar-refractivity contribution is -0.201. The number of aliphatic hydroxyl groups is 1. The van der Waals surface area contributed by atoms with Gasteiger partial charge in [-0.1, -0.05) is 0 Å². The van der Waals surface area contributed by atoms with Gasteiger partial charge < -0.3 is 25.1 Å². The van der Waals surface area contributed by atoms with Crippen molar-refractivity contribution in [3.63, 3.8) is 0 Å². The van der Waals surface area contributed by atoms with Crippen molar-refractivity contribution in [2.75, 3.05) is 6.61 Å². The van der Waals surface area contributed by atoms with E-state index < -0.39 is 36.2 Å². The molecule has 1 aromatic heterocycles. The molecule has 0 aromatic carbocycles. The molecule has 3 N–H and O–H groups in total. The van der Waals surface area contributed by atoms with E-state index in [-0.39, 0.29) is 12.4 Å². The highest BCUT2D eigenvalue weighted by molar-refractivity contribution is 5.88. The predicted octanol–water partition coefficient (Wildman–Crippen LogP) is -1.21. The number of aromatic nitrogens is 3. The van der Waals surface area contributed by atoms with E-state index >= 15 is 0 Å². The van der Waals surface area contributed by atoms with Crippen LogP contribution in [-0.2, 0) is 14.2 Å². The van der Waals surface area contributed by atoms with Gasteiger partial charge in [-0.2, -0.15) is 0 Å². The zero-order valence-electron chi connectivity index (χ0n) is 11.1. The molecular formula is C11H16N4O5. The number of hydrogen-bond donors (Lipinski definition) is 2. The normalized spacial score (nSPS) is 35.1. The highest BCUT2D eigenvalue weighted by atomic mass is 16.8. The van der Waals surface area contributed by atoms with Gasteiger partial charge in [-0.3, -0.25) is 4.79 Å². The third kappa shape index (κ3) is 2.08. The molecule has 0 spiro atoms. The second-order valence-corrected chi connectivity index (χ2v) is 5.22. The molecule has 3 rings (SSSR count). The molecule has 1 amide bonds. The fourth-order valence-corrected chi connectivity index (χ4v) is 2.53. The minimum atomic E-state index is -0.766. The molecular weight excluding hydrogens is 268 g/mol. The summed E-state index contributed by atoms with van der Waals surface area (Å²) >= 11 is 0. The first-order valence-corrected chi connectivity index (χ1v) is 6.24. The Hall–Kier alpha value is -1.55. The maximum atomic E-state index is 11.0. The van der Waals surface area contributed by atoms with Gasteiger partial charge in [-0.05, 0) is 13.8 Å². The van der Waals surface area contributed by atoms with Crippen LogP contribution in [0.1, 0.15) is 30.7 Å². The van der Waals surface area contributed by atoms with Crippen molar-refractivity contribution in [3.8, 4) is 0 Å². The minimum Gasteiger partial charge on any atom is -0.394 e. The van der Waals surface area contributed by atoms with Crippen LogP contribution in [0.4, 0.5) is 0 Å². The lowest BCUT2D eigenvalue weighted by Crippen LogP contribution is -2.31. The van der Waals surface area contributed by atoms with Gasteiger partial charge in [-0.15, -0.1) is 5.10 Å². The fourth-order valence-electron chi connectivity index (χ4n) is 2.53. The summed E-state index contributed by atoms with van der Waals surface area (Å²) in [6, 6.07) is 0. The zero-order valence-corrected chi connectivity index (χ0v) is 11.1. The minimum absolute atomic E-state index is 0.101. The molecule has 1 unspecified atom stereocenters. The number of nitrogens with two attached hydrogens (primary N) is 1. The first-order valence-electron chi connectivity index (χ1n) is 6.24. The summed E-state index contributed by atoms with van der Waals surface area (Å²) in [5.41, 5.74) is 5.12. The van der Waals surface area contributed by atoms with Gasteiger partial charge in [-0.25, -0.2) is 9.67 Å². The van der Waals surface area contributed by atoms with Crippen LogP contribution >= 0.6 is 0 Å². The number of ether oxygens (including phenoxy) is 3. The number of primary amides is 1. The number of carbonyl (C=O) groups is 1.